The van der Waals surface area contributed by atoms with Crippen molar-refractivity contribution < 1.29 is 8.42 Å². The van der Waals surface area contributed by atoms with Crippen molar-refractivity contribution in [1.82, 2.24) is 4.31 Å². The predicted octanol–water partition coefficient (Wildman–Crippen LogP) is 0.780. The SMILES string of the molecule is CN(C1CC1)S(=O)(=O)c1ccc(C#CCN)cc1. The third-order valence-electron chi connectivity index (χ3n) is 2.93. The lowest BCUT2D eigenvalue weighted by Gasteiger charge is -2.16. The summed E-state index contributed by atoms with van der Waals surface area (Å²) in [5, 5.41) is 0. The minimum absolute atomic E-state index is 0.173. The van der Waals surface area contributed by atoms with E-state index in [9.17, 15) is 8.42 Å². The van der Waals surface area contributed by atoms with Crippen LogP contribution in [-0.2, 0) is 10.0 Å². The van der Waals surface area contributed by atoms with Gasteiger partial charge >= 0.3 is 0 Å². The molecule has 1 aliphatic carbocycles. The van der Waals surface area contributed by atoms with E-state index in [4.69, 9.17) is 5.73 Å². The lowest BCUT2D eigenvalue weighted by Crippen LogP contribution is -2.28. The molecular formula is C13H16N2O2S. The first-order chi connectivity index (χ1) is 8.55. The zero-order chi connectivity index (χ0) is 13.2. The van der Waals surface area contributed by atoms with Crippen LogP contribution in [0.2, 0.25) is 0 Å². The van der Waals surface area contributed by atoms with Crippen molar-refractivity contribution >= 4 is 10.0 Å². The van der Waals surface area contributed by atoms with Crippen LogP contribution in [0, 0.1) is 11.8 Å². The van der Waals surface area contributed by atoms with Gasteiger partial charge in [0.1, 0.15) is 0 Å². The Balaban J connectivity index is 2.23. The second-order valence-corrected chi connectivity index (χ2v) is 6.28. The highest BCUT2D eigenvalue weighted by molar-refractivity contribution is 7.89. The summed E-state index contributed by atoms with van der Waals surface area (Å²) in [6, 6.07) is 6.77. The molecule has 1 aliphatic rings. The van der Waals surface area contributed by atoms with E-state index < -0.39 is 10.0 Å². The van der Waals surface area contributed by atoms with Gasteiger partial charge in [0.2, 0.25) is 10.0 Å². The Bertz CT molecular complexity index is 578. The largest absolute Gasteiger partial charge is 0.320 e. The van der Waals surface area contributed by atoms with Gasteiger partial charge in [-0.05, 0) is 37.1 Å². The first-order valence-electron chi connectivity index (χ1n) is 5.83. The van der Waals surface area contributed by atoms with E-state index >= 15 is 0 Å². The molecule has 0 aliphatic heterocycles. The monoisotopic (exact) mass is 264 g/mol. The fourth-order valence-corrected chi connectivity index (χ4v) is 3.08. The van der Waals surface area contributed by atoms with Crippen molar-refractivity contribution in [3.05, 3.63) is 29.8 Å². The second-order valence-electron chi connectivity index (χ2n) is 4.28. The van der Waals surface area contributed by atoms with Crippen LogP contribution in [0.5, 0.6) is 0 Å². The number of nitrogens with zero attached hydrogens (tertiary/aromatic N) is 1. The van der Waals surface area contributed by atoms with Gasteiger partial charge in [0.05, 0.1) is 11.4 Å². The molecule has 0 heterocycles. The van der Waals surface area contributed by atoms with E-state index in [0.717, 1.165) is 18.4 Å². The average Bonchev–Trinajstić information content (AvgIpc) is 3.20. The lowest BCUT2D eigenvalue weighted by atomic mass is 10.2. The van der Waals surface area contributed by atoms with E-state index in [1.54, 1.807) is 31.3 Å². The highest BCUT2D eigenvalue weighted by atomic mass is 32.2. The first kappa shape index (κ1) is 13.1. The third kappa shape index (κ3) is 2.72. The smallest absolute Gasteiger partial charge is 0.243 e. The van der Waals surface area contributed by atoms with Gasteiger partial charge in [0, 0.05) is 18.7 Å². The molecule has 18 heavy (non-hydrogen) atoms. The van der Waals surface area contributed by atoms with Crippen LogP contribution in [-0.4, -0.2) is 32.4 Å². The summed E-state index contributed by atoms with van der Waals surface area (Å²) in [5.74, 6) is 5.60. The Morgan fingerprint density at radius 2 is 1.94 bits per heavy atom. The molecule has 1 fully saturated rings. The number of hydrogen-bond acceptors (Lipinski definition) is 3. The number of benzene rings is 1. The molecule has 0 unspecified atom stereocenters. The molecular weight excluding hydrogens is 248 g/mol. The molecule has 0 bridgehead atoms. The Morgan fingerprint density at radius 1 is 1.33 bits per heavy atom. The summed E-state index contributed by atoms with van der Waals surface area (Å²) >= 11 is 0. The summed E-state index contributed by atoms with van der Waals surface area (Å²) in [4.78, 5) is 0.315. The van der Waals surface area contributed by atoms with Crippen LogP contribution >= 0.6 is 0 Å². The lowest BCUT2D eigenvalue weighted by molar-refractivity contribution is 0.464. The Kier molecular flexibility index (Phi) is 3.71. The molecule has 1 aromatic carbocycles. The van der Waals surface area contributed by atoms with Gasteiger partial charge in [-0.1, -0.05) is 11.8 Å². The average molecular weight is 264 g/mol. The van der Waals surface area contributed by atoms with Crippen LogP contribution in [0.1, 0.15) is 18.4 Å². The van der Waals surface area contributed by atoms with Crippen LogP contribution in [0.15, 0.2) is 29.2 Å². The van der Waals surface area contributed by atoms with E-state index in [2.05, 4.69) is 11.8 Å². The molecule has 0 saturated heterocycles. The molecule has 1 saturated carbocycles. The van der Waals surface area contributed by atoms with Gasteiger partial charge in [-0.15, -0.1) is 0 Å². The first-order valence-corrected chi connectivity index (χ1v) is 7.27. The molecule has 96 valence electrons. The van der Waals surface area contributed by atoms with Crippen molar-refractivity contribution in [2.75, 3.05) is 13.6 Å². The number of nitrogens with two attached hydrogens (primary N) is 1. The van der Waals surface area contributed by atoms with Gasteiger partial charge in [-0.2, -0.15) is 4.31 Å². The van der Waals surface area contributed by atoms with Crippen molar-refractivity contribution in [2.24, 2.45) is 5.73 Å². The van der Waals surface area contributed by atoms with Crippen LogP contribution in [0.3, 0.4) is 0 Å². The van der Waals surface area contributed by atoms with E-state index in [1.165, 1.54) is 4.31 Å². The molecule has 0 aromatic heterocycles. The number of hydrogen-bond donors (Lipinski definition) is 1. The summed E-state index contributed by atoms with van der Waals surface area (Å²) in [5.41, 5.74) is 6.05. The fourth-order valence-electron chi connectivity index (χ4n) is 1.66. The Labute approximate surface area is 108 Å². The number of sulfonamides is 1. The topological polar surface area (TPSA) is 63.4 Å². The summed E-state index contributed by atoms with van der Waals surface area (Å²) in [6.45, 7) is 0.296. The van der Waals surface area contributed by atoms with Gasteiger partial charge in [-0.25, -0.2) is 8.42 Å². The maximum atomic E-state index is 12.2. The Hall–Kier alpha value is -1.35. The summed E-state index contributed by atoms with van der Waals surface area (Å²) in [7, 11) is -1.72. The van der Waals surface area contributed by atoms with Crippen molar-refractivity contribution in [1.29, 1.82) is 0 Å². The zero-order valence-electron chi connectivity index (χ0n) is 10.3. The molecule has 0 spiro atoms. The maximum Gasteiger partial charge on any atom is 0.243 e. The third-order valence-corrected chi connectivity index (χ3v) is 4.85. The molecule has 2 N–H and O–H groups in total. The van der Waals surface area contributed by atoms with Gasteiger partial charge < -0.3 is 5.73 Å². The van der Waals surface area contributed by atoms with Crippen molar-refractivity contribution in [3.63, 3.8) is 0 Å². The van der Waals surface area contributed by atoms with Gasteiger partial charge in [0.25, 0.3) is 0 Å². The predicted molar refractivity (Wildman–Crippen MR) is 70.3 cm³/mol. The Morgan fingerprint density at radius 3 is 2.44 bits per heavy atom. The maximum absolute atomic E-state index is 12.2. The van der Waals surface area contributed by atoms with Gasteiger partial charge in [0.15, 0.2) is 0 Å². The van der Waals surface area contributed by atoms with Crippen LogP contribution in [0.4, 0.5) is 0 Å². The minimum Gasteiger partial charge on any atom is -0.320 e. The van der Waals surface area contributed by atoms with E-state index in [1.807, 2.05) is 0 Å². The summed E-state index contributed by atoms with van der Waals surface area (Å²) < 4.78 is 25.9. The molecule has 2 rings (SSSR count). The molecule has 4 nitrogen and oxygen atoms in total. The van der Waals surface area contributed by atoms with Gasteiger partial charge in [-0.3, -0.25) is 0 Å². The normalized spacial score (nSPS) is 15.3. The molecule has 5 heteroatoms. The molecule has 0 atom stereocenters. The quantitative estimate of drug-likeness (QED) is 0.821. The van der Waals surface area contributed by atoms with E-state index in [-0.39, 0.29) is 6.04 Å². The molecule has 0 amide bonds. The second kappa shape index (κ2) is 5.11. The van der Waals surface area contributed by atoms with Crippen molar-refractivity contribution in [3.8, 4) is 11.8 Å². The standard InChI is InChI=1S/C13H16N2O2S/c1-15(12-6-7-12)18(16,17)13-8-4-11(5-9-13)3-2-10-14/h4-5,8-9,12H,6-7,10,14H2,1H3. The molecule has 1 aromatic rings. The van der Waals surface area contributed by atoms with Crippen molar-refractivity contribution in [2.45, 2.75) is 23.8 Å². The fraction of sp³-hybridized carbons (Fsp3) is 0.385. The minimum atomic E-state index is -3.35. The van der Waals surface area contributed by atoms with Crippen LogP contribution in [0.25, 0.3) is 0 Å². The van der Waals surface area contributed by atoms with Crippen LogP contribution < -0.4 is 5.73 Å². The zero-order valence-corrected chi connectivity index (χ0v) is 11.1. The highest BCUT2D eigenvalue weighted by Gasteiger charge is 2.34. The molecule has 0 radical (unpaired) electrons. The number of rotatable bonds is 3. The highest BCUT2D eigenvalue weighted by Crippen LogP contribution is 2.30. The van der Waals surface area contributed by atoms with E-state index in [0.29, 0.717) is 11.4 Å². The summed E-state index contributed by atoms with van der Waals surface area (Å²) in [6.07, 6.45) is 1.91.